The Morgan fingerprint density at radius 3 is 1.65 bits per heavy atom. The first-order valence-electron chi connectivity index (χ1n) is 10.2. The minimum Gasteiger partial charge on any atom is -0.301 e. The Balaban J connectivity index is 1.56. The zero-order chi connectivity index (χ0) is 19.2. The second kappa shape index (κ2) is 10.2. The molecule has 0 aromatic rings. The van der Waals surface area contributed by atoms with Gasteiger partial charge in [0.05, 0.1) is 6.54 Å². The monoisotopic (exact) mass is 378 g/mol. The number of hydrogen-bond donors (Lipinski definition) is 0. The van der Waals surface area contributed by atoms with E-state index in [-0.39, 0.29) is 0 Å². The highest BCUT2D eigenvalue weighted by molar-refractivity contribution is 4.77. The highest BCUT2D eigenvalue weighted by atomic mass is 19.4. The van der Waals surface area contributed by atoms with Gasteiger partial charge in [-0.2, -0.15) is 13.2 Å². The topological polar surface area (TPSA) is 13.0 Å². The van der Waals surface area contributed by atoms with Crippen molar-refractivity contribution in [2.75, 3.05) is 78.5 Å². The fraction of sp³-hybridized carbons (Fsp3) is 1.00. The Labute approximate surface area is 157 Å². The van der Waals surface area contributed by atoms with E-state index in [1.54, 1.807) is 0 Å². The minimum absolute atomic E-state index is 0.532. The van der Waals surface area contributed by atoms with E-state index < -0.39 is 12.7 Å². The third kappa shape index (κ3) is 8.55. The summed E-state index contributed by atoms with van der Waals surface area (Å²) in [5.74, 6) is 1.33. The lowest BCUT2D eigenvalue weighted by Gasteiger charge is -2.37. The summed E-state index contributed by atoms with van der Waals surface area (Å²) in [4.78, 5) is 8.98. The van der Waals surface area contributed by atoms with Crippen molar-refractivity contribution in [3.63, 3.8) is 0 Å². The van der Waals surface area contributed by atoms with Crippen LogP contribution in [0.5, 0.6) is 0 Å². The summed E-state index contributed by atoms with van der Waals surface area (Å²) in [6, 6.07) is 0. The van der Waals surface area contributed by atoms with Crippen molar-refractivity contribution in [1.82, 2.24) is 19.6 Å². The average molecular weight is 379 g/mol. The molecule has 0 aliphatic carbocycles. The molecule has 1 atom stereocenters. The molecule has 0 saturated carbocycles. The minimum atomic E-state index is -4.07. The quantitative estimate of drug-likeness (QED) is 0.643. The van der Waals surface area contributed by atoms with Gasteiger partial charge in [0.2, 0.25) is 0 Å². The zero-order valence-corrected chi connectivity index (χ0v) is 16.8. The van der Waals surface area contributed by atoms with Crippen molar-refractivity contribution < 1.29 is 13.2 Å². The van der Waals surface area contributed by atoms with E-state index in [2.05, 4.69) is 35.5 Å². The van der Waals surface area contributed by atoms with Gasteiger partial charge in [-0.25, -0.2) is 0 Å². The van der Waals surface area contributed by atoms with Crippen LogP contribution in [0, 0.1) is 11.8 Å². The lowest BCUT2D eigenvalue weighted by molar-refractivity contribution is -0.149. The van der Waals surface area contributed by atoms with E-state index in [9.17, 15) is 13.2 Å². The van der Waals surface area contributed by atoms with Gasteiger partial charge in [0.15, 0.2) is 0 Å². The summed E-state index contributed by atoms with van der Waals surface area (Å²) < 4.78 is 37.3. The van der Waals surface area contributed by atoms with Crippen LogP contribution in [0.1, 0.15) is 27.2 Å². The summed E-state index contributed by atoms with van der Waals surface area (Å²) in [6.07, 6.45) is -2.90. The predicted molar refractivity (Wildman–Crippen MR) is 100 cm³/mol. The van der Waals surface area contributed by atoms with Crippen LogP contribution in [0.25, 0.3) is 0 Å². The van der Waals surface area contributed by atoms with Crippen LogP contribution < -0.4 is 0 Å². The molecule has 154 valence electrons. The molecule has 2 aliphatic rings. The van der Waals surface area contributed by atoms with E-state index in [0.29, 0.717) is 19.0 Å². The van der Waals surface area contributed by atoms with Crippen molar-refractivity contribution in [1.29, 1.82) is 0 Å². The van der Waals surface area contributed by atoms with Crippen LogP contribution in [-0.2, 0) is 0 Å². The van der Waals surface area contributed by atoms with Gasteiger partial charge >= 0.3 is 6.18 Å². The molecular formula is C19H37F3N4. The first kappa shape index (κ1) is 21.9. The number of alkyl halides is 3. The Morgan fingerprint density at radius 1 is 0.692 bits per heavy atom. The fourth-order valence-corrected chi connectivity index (χ4v) is 4.03. The van der Waals surface area contributed by atoms with E-state index in [0.717, 1.165) is 45.2 Å². The van der Waals surface area contributed by atoms with Crippen LogP contribution in [0.2, 0.25) is 0 Å². The van der Waals surface area contributed by atoms with Crippen molar-refractivity contribution in [3.05, 3.63) is 0 Å². The normalized spacial score (nSPS) is 23.7. The molecule has 2 aliphatic heterocycles. The number of piperazine rings is 2. The molecule has 2 rings (SSSR count). The van der Waals surface area contributed by atoms with Gasteiger partial charge in [0, 0.05) is 65.4 Å². The largest absolute Gasteiger partial charge is 0.401 e. The zero-order valence-electron chi connectivity index (χ0n) is 16.8. The molecule has 0 spiro atoms. The molecular weight excluding hydrogens is 341 g/mol. The van der Waals surface area contributed by atoms with Crippen LogP contribution in [-0.4, -0.2) is 104 Å². The highest BCUT2D eigenvalue weighted by Gasteiger charge is 2.32. The van der Waals surface area contributed by atoms with Crippen LogP contribution in [0.4, 0.5) is 13.2 Å². The van der Waals surface area contributed by atoms with Crippen molar-refractivity contribution >= 4 is 0 Å². The first-order chi connectivity index (χ1) is 12.2. The number of hydrogen-bond acceptors (Lipinski definition) is 4. The van der Waals surface area contributed by atoms with Gasteiger partial charge in [-0.3, -0.25) is 4.90 Å². The molecule has 2 fully saturated rings. The summed E-state index contributed by atoms with van der Waals surface area (Å²) in [5.41, 5.74) is 0. The molecule has 0 aromatic heterocycles. The maximum absolute atomic E-state index is 12.4. The van der Waals surface area contributed by atoms with Gasteiger partial charge in [-0.15, -0.1) is 0 Å². The molecule has 0 N–H and O–H groups in total. The Bertz CT molecular complexity index is 387. The van der Waals surface area contributed by atoms with Crippen LogP contribution in [0.3, 0.4) is 0 Å². The van der Waals surface area contributed by atoms with E-state index in [1.807, 2.05) is 0 Å². The fourth-order valence-electron chi connectivity index (χ4n) is 4.03. The maximum atomic E-state index is 12.4. The van der Waals surface area contributed by atoms with Gasteiger partial charge in [-0.1, -0.05) is 20.8 Å². The molecule has 0 amide bonds. The lowest BCUT2D eigenvalue weighted by atomic mass is 10.1. The summed E-state index contributed by atoms with van der Waals surface area (Å²) in [5, 5.41) is 0. The molecule has 2 saturated heterocycles. The molecule has 2 heterocycles. The SMILES string of the molecule is CC(C)CN1CCN(CCC(C)CN2CCN(CC(F)(F)F)CC2)CC1. The molecule has 1 unspecified atom stereocenters. The Hall–Kier alpha value is -0.370. The first-order valence-corrected chi connectivity index (χ1v) is 10.2. The van der Waals surface area contributed by atoms with Gasteiger partial charge in [0.1, 0.15) is 0 Å². The second-order valence-electron chi connectivity index (χ2n) is 8.62. The number of halogens is 3. The molecule has 0 radical (unpaired) electrons. The molecule has 4 nitrogen and oxygen atoms in total. The van der Waals surface area contributed by atoms with Crippen molar-refractivity contribution in [3.8, 4) is 0 Å². The van der Waals surface area contributed by atoms with E-state index in [4.69, 9.17) is 0 Å². The van der Waals surface area contributed by atoms with Gasteiger partial charge < -0.3 is 14.7 Å². The van der Waals surface area contributed by atoms with Crippen LogP contribution >= 0.6 is 0 Å². The smallest absolute Gasteiger partial charge is 0.301 e. The number of nitrogens with zero attached hydrogens (tertiary/aromatic N) is 4. The highest BCUT2D eigenvalue weighted by Crippen LogP contribution is 2.18. The summed E-state index contributed by atoms with van der Waals surface area (Å²) in [7, 11) is 0. The van der Waals surface area contributed by atoms with Crippen LogP contribution in [0.15, 0.2) is 0 Å². The van der Waals surface area contributed by atoms with Gasteiger partial charge in [-0.05, 0) is 24.8 Å². The molecule has 26 heavy (non-hydrogen) atoms. The standard InChI is InChI=1S/C19H37F3N4/c1-17(2)14-24-8-6-23(7-9-24)5-4-18(3)15-25-10-12-26(13-11-25)16-19(20,21)22/h17-18H,4-16H2,1-3H3. The van der Waals surface area contributed by atoms with Gasteiger partial charge in [0.25, 0.3) is 0 Å². The van der Waals surface area contributed by atoms with Crippen molar-refractivity contribution in [2.24, 2.45) is 11.8 Å². The predicted octanol–water partition coefficient (Wildman–Crippen LogP) is 2.47. The van der Waals surface area contributed by atoms with Crippen molar-refractivity contribution in [2.45, 2.75) is 33.4 Å². The Morgan fingerprint density at radius 2 is 1.15 bits per heavy atom. The number of rotatable bonds is 8. The lowest BCUT2D eigenvalue weighted by Crippen LogP contribution is -2.50. The molecule has 0 aromatic carbocycles. The molecule has 7 heteroatoms. The van der Waals surface area contributed by atoms with E-state index >= 15 is 0 Å². The second-order valence-corrected chi connectivity index (χ2v) is 8.62. The maximum Gasteiger partial charge on any atom is 0.401 e. The molecule has 0 bridgehead atoms. The average Bonchev–Trinajstić information content (AvgIpc) is 2.54. The van der Waals surface area contributed by atoms with E-state index in [1.165, 1.54) is 31.0 Å². The Kier molecular flexibility index (Phi) is 8.64. The third-order valence-electron chi connectivity index (χ3n) is 5.46. The summed E-state index contributed by atoms with van der Waals surface area (Å²) in [6.45, 7) is 16.7. The third-order valence-corrected chi connectivity index (χ3v) is 5.46. The summed E-state index contributed by atoms with van der Waals surface area (Å²) >= 11 is 0.